The molecule has 0 spiro atoms. The lowest BCUT2D eigenvalue weighted by molar-refractivity contribution is 0.415. The van der Waals surface area contributed by atoms with Crippen LogP contribution in [0.15, 0.2) is 41.5 Å². The largest absolute Gasteiger partial charge is 0.497 e. The first-order chi connectivity index (χ1) is 9.60. The number of halogens is 3. The number of methoxy groups -OCH3 is 1. The molecule has 0 fully saturated rings. The zero-order valence-corrected chi connectivity index (χ0v) is 12.8. The summed E-state index contributed by atoms with van der Waals surface area (Å²) in [7, 11) is 1.62. The van der Waals surface area contributed by atoms with Crippen LogP contribution in [0.25, 0.3) is 0 Å². The van der Waals surface area contributed by atoms with Gasteiger partial charge in [0.1, 0.15) is 5.75 Å². The summed E-state index contributed by atoms with van der Waals surface area (Å²) < 4.78 is 5.08. The molecule has 20 heavy (non-hydrogen) atoms. The van der Waals surface area contributed by atoms with Crippen LogP contribution in [0.1, 0.15) is 5.56 Å². The van der Waals surface area contributed by atoms with Crippen molar-refractivity contribution in [3.63, 3.8) is 0 Å². The third kappa shape index (κ3) is 3.79. The standard InChI is InChI=1S/C14H11Cl3N2O/c1-20-11-4-2-9(3-5-11)8-18-19-14-12(16)6-10(15)7-13(14)17/h2-8,19H,1H3/b18-8-. The molecule has 1 N–H and O–H groups in total. The van der Waals surface area contributed by atoms with Gasteiger partial charge in [-0.05, 0) is 42.0 Å². The molecular weight excluding hydrogens is 319 g/mol. The topological polar surface area (TPSA) is 33.6 Å². The van der Waals surface area contributed by atoms with Crippen LogP contribution in [0.4, 0.5) is 5.69 Å². The maximum absolute atomic E-state index is 6.03. The summed E-state index contributed by atoms with van der Waals surface area (Å²) >= 11 is 17.9. The number of nitrogens with one attached hydrogen (secondary N) is 1. The number of ether oxygens (including phenoxy) is 1. The van der Waals surface area contributed by atoms with E-state index in [1.807, 2.05) is 24.3 Å². The number of hydrogen-bond acceptors (Lipinski definition) is 3. The van der Waals surface area contributed by atoms with E-state index < -0.39 is 0 Å². The summed E-state index contributed by atoms with van der Waals surface area (Å²) in [6, 6.07) is 10.7. The molecule has 104 valence electrons. The van der Waals surface area contributed by atoms with Crippen LogP contribution in [0, 0.1) is 0 Å². The van der Waals surface area contributed by atoms with E-state index >= 15 is 0 Å². The lowest BCUT2D eigenvalue weighted by Gasteiger charge is -2.06. The first-order valence-electron chi connectivity index (χ1n) is 5.68. The molecule has 0 aliphatic rings. The number of benzene rings is 2. The molecule has 0 unspecified atom stereocenters. The Kier molecular flexibility index (Phi) is 5.12. The lowest BCUT2D eigenvalue weighted by atomic mass is 10.2. The fraction of sp³-hybridized carbons (Fsp3) is 0.0714. The SMILES string of the molecule is COc1ccc(/C=N\Nc2c(Cl)cc(Cl)cc2Cl)cc1. The molecule has 0 radical (unpaired) electrons. The van der Waals surface area contributed by atoms with Crippen molar-refractivity contribution >= 4 is 46.7 Å². The minimum absolute atomic E-state index is 0.411. The number of anilines is 1. The summed E-state index contributed by atoms with van der Waals surface area (Å²) in [5.41, 5.74) is 4.23. The monoisotopic (exact) mass is 328 g/mol. The zero-order chi connectivity index (χ0) is 14.5. The van der Waals surface area contributed by atoms with Crippen LogP contribution in [-0.2, 0) is 0 Å². The second-order valence-corrected chi connectivity index (χ2v) is 5.14. The maximum atomic E-state index is 6.03. The summed E-state index contributed by atoms with van der Waals surface area (Å²) in [5.74, 6) is 0.791. The van der Waals surface area contributed by atoms with Gasteiger partial charge in [-0.15, -0.1) is 0 Å². The van der Waals surface area contributed by atoms with Crippen molar-refractivity contribution in [1.29, 1.82) is 0 Å². The Morgan fingerprint density at radius 2 is 1.65 bits per heavy atom. The van der Waals surface area contributed by atoms with Crippen LogP contribution >= 0.6 is 34.8 Å². The van der Waals surface area contributed by atoms with E-state index in [4.69, 9.17) is 39.5 Å². The summed E-state index contributed by atoms with van der Waals surface area (Å²) in [6.45, 7) is 0. The summed E-state index contributed by atoms with van der Waals surface area (Å²) in [4.78, 5) is 0. The highest BCUT2D eigenvalue weighted by atomic mass is 35.5. The number of hydrazone groups is 1. The van der Waals surface area contributed by atoms with Gasteiger partial charge in [0.25, 0.3) is 0 Å². The molecule has 0 saturated heterocycles. The Hall–Kier alpha value is -1.42. The summed E-state index contributed by atoms with van der Waals surface area (Å²) in [5, 5.41) is 5.39. The van der Waals surface area contributed by atoms with E-state index in [1.165, 1.54) is 0 Å². The minimum atomic E-state index is 0.411. The third-order valence-corrected chi connectivity index (χ3v) is 3.33. The minimum Gasteiger partial charge on any atom is -0.497 e. The first-order valence-corrected chi connectivity index (χ1v) is 6.81. The molecule has 0 aliphatic carbocycles. The Morgan fingerprint density at radius 3 is 2.20 bits per heavy atom. The molecule has 0 saturated carbocycles. The highest BCUT2D eigenvalue weighted by Gasteiger charge is 2.06. The molecule has 0 aromatic heterocycles. The van der Waals surface area contributed by atoms with Gasteiger partial charge in [0.05, 0.1) is 29.1 Å². The van der Waals surface area contributed by atoms with E-state index in [-0.39, 0.29) is 0 Å². The second kappa shape index (κ2) is 6.84. The smallest absolute Gasteiger partial charge is 0.118 e. The first kappa shape index (κ1) is 15.0. The summed E-state index contributed by atoms with van der Waals surface area (Å²) in [6.07, 6.45) is 1.65. The predicted octanol–water partition coefficient (Wildman–Crippen LogP) is 5.10. The van der Waals surface area contributed by atoms with Gasteiger partial charge in [-0.25, -0.2) is 0 Å². The van der Waals surface area contributed by atoms with Crippen LogP contribution in [0.2, 0.25) is 15.1 Å². The zero-order valence-electron chi connectivity index (χ0n) is 10.5. The molecule has 6 heteroatoms. The predicted molar refractivity (Wildman–Crippen MR) is 85.7 cm³/mol. The van der Waals surface area contributed by atoms with Crippen LogP contribution in [-0.4, -0.2) is 13.3 Å². The average molecular weight is 330 g/mol. The fourth-order valence-corrected chi connectivity index (χ4v) is 2.41. The van der Waals surface area contributed by atoms with Crippen LogP contribution in [0.3, 0.4) is 0 Å². The molecule has 2 aromatic carbocycles. The van der Waals surface area contributed by atoms with Crippen molar-refractivity contribution in [2.45, 2.75) is 0 Å². The van der Waals surface area contributed by atoms with Crippen molar-refractivity contribution in [3.05, 3.63) is 57.0 Å². The van der Waals surface area contributed by atoms with Gasteiger partial charge in [-0.2, -0.15) is 5.10 Å². The van der Waals surface area contributed by atoms with Crippen molar-refractivity contribution in [3.8, 4) is 5.75 Å². The highest BCUT2D eigenvalue weighted by molar-refractivity contribution is 6.41. The Labute approximate surface area is 132 Å². The van der Waals surface area contributed by atoms with Crippen LogP contribution < -0.4 is 10.2 Å². The van der Waals surface area contributed by atoms with Crippen molar-refractivity contribution in [1.82, 2.24) is 0 Å². The highest BCUT2D eigenvalue weighted by Crippen LogP contribution is 2.33. The normalized spacial score (nSPS) is 10.8. The Bertz CT molecular complexity index is 604. The lowest BCUT2D eigenvalue weighted by Crippen LogP contribution is -1.93. The molecule has 0 bridgehead atoms. The van der Waals surface area contributed by atoms with Gasteiger partial charge in [0, 0.05) is 5.02 Å². The van der Waals surface area contributed by atoms with Gasteiger partial charge in [-0.3, -0.25) is 5.43 Å². The van der Waals surface area contributed by atoms with Gasteiger partial charge in [0.15, 0.2) is 0 Å². The number of hydrogen-bond donors (Lipinski definition) is 1. The molecular formula is C14H11Cl3N2O. The van der Waals surface area contributed by atoms with E-state index in [1.54, 1.807) is 25.5 Å². The van der Waals surface area contributed by atoms with Gasteiger partial charge in [-0.1, -0.05) is 34.8 Å². The molecule has 0 aliphatic heterocycles. The molecule has 3 nitrogen and oxygen atoms in total. The van der Waals surface area contributed by atoms with Gasteiger partial charge in [0.2, 0.25) is 0 Å². The van der Waals surface area contributed by atoms with E-state index in [2.05, 4.69) is 10.5 Å². The second-order valence-electron chi connectivity index (χ2n) is 3.89. The van der Waals surface area contributed by atoms with E-state index in [9.17, 15) is 0 Å². The molecule has 0 atom stereocenters. The quantitative estimate of drug-likeness (QED) is 0.625. The van der Waals surface area contributed by atoms with Crippen molar-refractivity contribution in [2.75, 3.05) is 12.5 Å². The Balaban J connectivity index is 2.09. The third-order valence-electron chi connectivity index (χ3n) is 2.51. The van der Waals surface area contributed by atoms with Gasteiger partial charge >= 0.3 is 0 Å². The fourth-order valence-electron chi connectivity index (χ4n) is 1.51. The molecule has 2 aromatic rings. The van der Waals surface area contributed by atoms with E-state index in [0.717, 1.165) is 11.3 Å². The molecule has 2 rings (SSSR count). The van der Waals surface area contributed by atoms with Crippen molar-refractivity contribution in [2.24, 2.45) is 5.10 Å². The van der Waals surface area contributed by atoms with Gasteiger partial charge < -0.3 is 4.74 Å². The average Bonchev–Trinajstić information content (AvgIpc) is 2.42. The molecule has 0 heterocycles. The number of rotatable bonds is 4. The number of nitrogens with zero attached hydrogens (tertiary/aromatic N) is 1. The van der Waals surface area contributed by atoms with Crippen LogP contribution in [0.5, 0.6) is 5.75 Å². The molecule has 0 amide bonds. The Morgan fingerprint density at radius 1 is 1.05 bits per heavy atom. The van der Waals surface area contributed by atoms with E-state index in [0.29, 0.717) is 20.8 Å². The maximum Gasteiger partial charge on any atom is 0.118 e. The van der Waals surface area contributed by atoms with Crippen molar-refractivity contribution < 1.29 is 4.74 Å².